The lowest BCUT2D eigenvalue weighted by atomic mass is 9.88. The highest BCUT2D eigenvalue weighted by atomic mass is 28.4. The molecule has 0 fully saturated rings. The van der Waals surface area contributed by atoms with Gasteiger partial charge in [-0.2, -0.15) is 0 Å². The Labute approximate surface area is 147 Å². The molecule has 0 saturated carbocycles. The third-order valence-electron chi connectivity index (χ3n) is 4.93. The van der Waals surface area contributed by atoms with Gasteiger partial charge in [-0.25, -0.2) is 0 Å². The lowest BCUT2D eigenvalue weighted by Gasteiger charge is -2.55. The highest BCUT2D eigenvalue weighted by Crippen LogP contribution is 2.37. The summed E-state index contributed by atoms with van der Waals surface area (Å²) in [5.41, 5.74) is 5.72. The average Bonchev–Trinajstić information content (AvgIpc) is 2.44. The molecule has 5 nitrogen and oxygen atoms in total. The Hall–Kier alpha value is 0.234. The Morgan fingerprint density at radius 3 is 2.30 bits per heavy atom. The largest absolute Gasteiger partial charge is 0.416 e. The molecule has 0 aliphatic carbocycles. The summed E-state index contributed by atoms with van der Waals surface area (Å²) in [6, 6.07) is 0. The molecule has 0 saturated heterocycles. The molecule has 140 valence electrons. The van der Waals surface area contributed by atoms with Crippen molar-refractivity contribution in [2.45, 2.75) is 71.3 Å². The predicted octanol–water partition coefficient (Wildman–Crippen LogP) is 1.50. The molecule has 23 heavy (non-hydrogen) atoms. The second-order valence-electron chi connectivity index (χ2n) is 7.73. The van der Waals surface area contributed by atoms with E-state index in [1.165, 1.54) is 6.42 Å². The molecule has 0 aromatic heterocycles. The fourth-order valence-corrected chi connectivity index (χ4v) is 8.41. The van der Waals surface area contributed by atoms with Gasteiger partial charge >= 0.3 is 0 Å². The number of hydrogen-bond donors (Lipinski definition) is 3. The lowest BCUT2D eigenvalue weighted by Crippen LogP contribution is -2.79. The Morgan fingerprint density at radius 1 is 1.26 bits per heavy atom. The van der Waals surface area contributed by atoms with Crippen LogP contribution in [0.4, 0.5) is 0 Å². The van der Waals surface area contributed by atoms with Crippen molar-refractivity contribution in [3.63, 3.8) is 0 Å². The summed E-state index contributed by atoms with van der Waals surface area (Å²) in [5, 5.41) is 3.74. The molecule has 4 N–H and O–H groups in total. The van der Waals surface area contributed by atoms with Crippen molar-refractivity contribution >= 4 is 18.2 Å². The molecular weight excluding hydrogens is 322 g/mol. The van der Waals surface area contributed by atoms with Gasteiger partial charge in [0.1, 0.15) is 0 Å². The summed E-state index contributed by atoms with van der Waals surface area (Å²) in [6.45, 7) is 18.1. The fourth-order valence-electron chi connectivity index (χ4n) is 3.57. The topological polar surface area (TPSA) is 68.5 Å². The van der Waals surface area contributed by atoms with Crippen LogP contribution in [-0.4, -0.2) is 55.7 Å². The van der Waals surface area contributed by atoms with Crippen LogP contribution in [0.5, 0.6) is 0 Å². The summed E-state index contributed by atoms with van der Waals surface area (Å²) in [7, 11) is -1.00. The maximum Gasteiger partial charge on any atom is 0.235 e. The van der Waals surface area contributed by atoms with Crippen LogP contribution in [0.2, 0.25) is 13.1 Å². The first-order chi connectivity index (χ1) is 10.6. The number of nitrogens with two attached hydrogens (primary N) is 1. The lowest BCUT2D eigenvalue weighted by molar-refractivity contribution is 0.182. The minimum Gasteiger partial charge on any atom is -0.416 e. The van der Waals surface area contributed by atoms with Gasteiger partial charge in [-0.1, -0.05) is 13.8 Å². The normalized spacial score (nSPS) is 16.4. The molecule has 0 aliphatic rings. The van der Waals surface area contributed by atoms with Crippen molar-refractivity contribution in [3.8, 4) is 0 Å². The van der Waals surface area contributed by atoms with E-state index in [0.717, 1.165) is 19.6 Å². The molecule has 0 amide bonds. The second-order valence-corrected chi connectivity index (χ2v) is 13.1. The van der Waals surface area contributed by atoms with Crippen molar-refractivity contribution in [2.75, 3.05) is 26.8 Å². The van der Waals surface area contributed by atoms with Gasteiger partial charge in [0, 0.05) is 32.3 Å². The molecular formula is C16H41N3O2Si2. The highest BCUT2D eigenvalue weighted by molar-refractivity contribution is 6.75. The molecule has 0 heterocycles. The first-order valence-corrected chi connectivity index (χ1v) is 13.1. The van der Waals surface area contributed by atoms with Gasteiger partial charge in [0.15, 0.2) is 0 Å². The quantitative estimate of drug-likeness (QED) is 0.433. The van der Waals surface area contributed by atoms with E-state index < -0.39 is 18.2 Å². The molecule has 0 aliphatic heterocycles. The molecule has 0 bridgehead atoms. The molecule has 0 radical (unpaired) electrons. The molecule has 1 unspecified atom stereocenters. The summed E-state index contributed by atoms with van der Waals surface area (Å²) < 4.78 is 11.8. The van der Waals surface area contributed by atoms with Crippen LogP contribution < -0.4 is 16.0 Å². The highest BCUT2D eigenvalue weighted by Gasteiger charge is 2.56. The van der Waals surface area contributed by atoms with Crippen LogP contribution >= 0.6 is 0 Å². The van der Waals surface area contributed by atoms with E-state index >= 15 is 0 Å². The molecule has 0 spiro atoms. The van der Waals surface area contributed by atoms with E-state index in [9.17, 15) is 0 Å². The number of rotatable bonds is 13. The van der Waals surface area contributed by atoms with Crippen LogP contribution in [0, 0.1) is 5.92 Å². The van der Waals surface area contributed by atoms with Gasteiger partial charge in [0.2, 0.25) is 18.2 Å². The zero-order chi connectivity index (χ0) is 18.1. The molecule has 1 atom stereocenters. The van der Waals surface area contributed by atoms with Gasteiger partial charge in [-0.15, -0.1) is 0 Å². The minimum atomic E-state index is -2.04. The summed E-state index contributed by atoms with van der Waals surface area (Å²) in [6.07, 6.45) is 2.25. The van der Waals surface area contributed by atoms with E-state index in [2.05, 4.69) is 58.0 Å². The minimum absolute atomic E-state index is 0.0921. The van der Waals surface area contributed by atoms with Gasteiger partial charge in [0.25, 0.3) is 0 Å². The maximum atomic E-state index is 6.36. The zero-order valence-corrected chi connectivity index (χ0v) is 19.1. The molecule has 0 aromatic carbocycles. The van der Waals surface area contributed by atoms with Crippen molar-refractivity contribution in [1.29, 1.82) is 0 Å². The van der Waals surface area contributed by atoms with Crippen molar-refractivity contribution in [3.05, 3.63) is 0 Å². The smallest absolute Gasteiger partial charge is 0.235 e. The van der Waals surface area contributed by atoms with Crippen LogP contribution in [0.15, 0.2) is 0 Å². The van der Waals surface area contributed by atoms with Crippen molar-refractivity contribution in [1.82, 2.24) is 10.3 Å². The first kappa shape index (κ1) is 23.2. The standard InChI is InChI=1S/C16H41N3O2Si2/c1-9-21-23(7,8)16(18-13-12-17,11-10-14(2)3)15(4,5)19-22-20-6/h14,18-19H,9-13,17,22H2,1-8H3. The van der Waals surface area contributed by atoms with Gasteiger partial charge in [0.05, 0.1) is 5.16 Å². The zero-order valence-electron chi connectivity index (χ0n) is 16.7. The summed E-state index contributed by atoms with van der Waals surface area (Å²) in [4.78, 5) is 3.71. The summed E-state index contributed by atoms with van der Waals surface area (Å²) in [5.74, 6) is 0.663. The average molecular weight is 364 g/mol. The molecule has 7 heteroatoms. The van der Waals surface area contributed by atoms with Crippen molar-refractivity contribution in [2.24, 2.45) is 11.7 Å². The fraction of sp³-hybridized carbons (Fsp3) is 1.00. The van der Waals surface area contributed by atoms with Crippen LogP contribution in [0.1, 0.15) is 47.5 Å². The molecule has 0 aromatic rings. The van der Waals surface area contributed by atoms with E-state index in [1.807, 2.05) is 0 Å². The number of hydrogen-bond acceptors (Lipinski definition) is 5. The molecule has 0 rings (SSSR count). The van der Waals surface area contributed by atoms with E-state index in [0.29, 0.717) is 12.5 Å². The Balaban J connectivity index is 5.79. The van der Waals surface area contributed by atoms with Gasteiger partial charge in [-0.3, -0.25) is 0 Å². The van der Waals surface area contributed by atoms with Crippen molar-refractivity contribution < 1.29 is 8.85 Å². The van der Waals surface area contributed by atoms with Crippen LogP contribution in [0.3, 0.4) is 0 Å². The van der Waals surface area contributed by atoms with Crippen LogP contribution in [0.25, 0.3) is 0 Å². The first-order valence-electron chi connectivity index (χ1n) is 8.93. The van der Waals surface area contributed by atoms with E-state index in [-0.39, 0.29) is 10.7 Å². The Kier molecular flexibility index (Phi) is 10.4. The van der Waals surface area contributed by atoms with Gasteiger partial charge < -0.3 is 24.9 Å². The predicted molar refractivity (Wildman–Crippen MR) is 106 cm³/mol. The summed E-state index contributed by atoms with van der Waals surface area (Å²) >= 11 is 0. The third-order valence-corrected chi connectivity index (χ3v) is 10.4. The SMILES string of the molecule is CCO[Si](C)(C)C(CCC(C)C)(NCCN)C(C)(C)N[SiH2]OC. The van der Waals surface area contributed by atoms with E-state index in [4.69, 9.17) is 14.6 Å². The van der Waals surface area contributed by atoms with Crippen LogP contribution in [-0.2, 0) is 8.85 Å². The van der Waals surface area contributed by atoms with E-state index in [1.54, 1.807) is 7.11 Å². The maximum absolute atomic E-state index is 6.36. The second kappa shape index (κ2) is 10.3. The monoisotopic (exact) mass is 363 g/mol. The Bertz CT molecular complexity index is 328. The Morgan fingerprint density at radius 2 is 1.87 bits per heavy atom. The number of nitrogens with one attached hydrogen (secondary N) is 2. The third kappa shape index (κ3) is 6.23. The van der Waals surface area contributed by atoms with Gasteiger partial charge in [-0.05, 0) is 52.6 Å².